The summed E-state index contributed by atoms with van der Waals surface area (Å²) in [5, 5.41) is 2.51. The number of nitrogens with one attached hydrogen (secondary N) is 1. The number of amides is 1. The van der Waals surface area contributed by atoms with Crippen molar-refractivity contribution < 1.29 is 19.1 Å². The molecule has 1 rings (SSSR count). The van der Waals surface area contributed by atoms with Gasteiger partial charge in [-0.25, -0.2) is 9.59 Å². The number of carbonyl (C=O) groups is 2. The van der Waals surface area contributed by atoms with Crippen LogP contribution in [0.2, 0.25) is 0 Å². The molecule has 0 spiro atoms. The van der Waals surface area contributed by atoms with Crippen LogP contribution < -0.4 is 5.32 Å². The Morgan fingerprint density at radius 2 is 1.82 bits per heavy atom. The van der Waals surface area contributed by atoms with E-state index in [0.29, 0.717) is 0 Å². The van der Waals surface area contributed by atoms with Crippen molar-refractivity contribution in [3.63, 3.8) is 0 Å². The molecule has 1 amide bonds. The van der Waals surface area contributed by atoms with Crippen molar-refractivity contribution >= 4 is 18.1 Å². The molecule has 0 bridgehead atoms. The Kier molecular flexibility index (Phi) is 6.63. The summed E-state index contributed by atoms with van der Waals surface area (Å²) in [5.74, 6) is -0.452. The van der Waals surface area contributed by atoms with Gasteiger partial charge < -0.3 is 14.8 Å². The molecule has 0 heterocycles. The Morgan fingerprint density at radius 1 is 1.18 bits per heavy atom. The first kappa shape index (κ1) is 17.8. The number of benzene rings is 1. The fraction of sp³-hybridized carbons (Fsp3) is 0.412. The standard InChI is InChI=1S/C17H23NO4/c1-13-5-7-14(8-6-13)9-10-15(19)21-12-11-18-16(20)22-17(2,3)4/h5-10H,11-12H2,1-4H3,(H,18,20)/b10-9+. The summed E-state index contributed by atoms with van der Waals surface area (Å²) < 4.78 is 10.0. The van der Waals surface area contributed by atoms with Gasteiger partial charge in [0.25, 0.3) is 0 Å². The molecule has 0 aliphatic heterocycles. The van der Waals surface area contributed by atoms with Crippen LogP contribution in [0.1, 0.15) is 31.9 Å². The molecule has 0 radical (unpaired) electrons. The zero-order valence-corrected chi connectivity index (χ0v) is 13.5. The van der Waals surface area contributed by atoms with Crippen LogP contribution in [-0.2, 0) is 14.3 Å². The molecule has 0 aromatic heterocycles. The minimum atomic E-state index is -0.544. The van der Waals surface area contributed by atoms with Gasteiger partial charge in [0.05, 0.1) is 6.54 Å². The van der Waals surface area contributed by atoms with Crippen LogP contribution in [0.4, 0.5) is 4.79 Å². The summed E-state index contributed by atoms with van der Waals surface area (Å²) in [7, 11) is 0. The van der Waals surface area contributed by atoms with E-state index in [1.54, 1.807) is 26.8 Å². The second kappa shape index (κ2) is 8.22. The fourth-order valence-corrected chi connectivity index (χ4v) is 1.51. The number of alkyl carbamates (subject to hydrolysis) is 1. The Balaban J connectivity index is 2.23. The first-order valence-electron chi connectivity index (χ1n) is 7.14. The smallest absolute Gasteiger partial charge is 0.407 e. The maximum absolute atomic E-state index is 11.5. The highest BCUT2D eigenvalue weighted by atomic mass is 16.6. The van der Waals surface area contributed by atoms with Crippen LogP contribution in [0.5, 0.6) is 0 Å². The lowest BCUT2D eigenvalue weighted by molar-refractivity contribution is -0.137. The molecule has 0 unspecified atom stereocenters. The Morgan fingerprint density at radius 3 is 2.41 bits per heavy atom. The van der Waals surface area contributed by atoms with Crippen molar-refractivity contribution in [2.24, 2.45) is 0 Å². The molecule has 0 saturated carbocycles. The van der Waals surface area contributed by atoms with Crippen molar-refractivity contribution in [2.75, 3.05) is 13.2 Å². The Labute approximate surface area is 131 Å². The molecule has 0 aliphatic carbocycles. The van der Waals surface area contributed by atoms with Crippen molar-refractivity contribution in [1.29, 1.82) is 0 Å². The SMILES string of the molecule is Cc1ccc(/C=C/C(=O)OCCNC(=O)OC(C)(C)C)cc1. The van der Waals surface area contributed by atoms with Crippen molar-refractivity contribution in [1.82, 2.24) is 5.32 Å². The van der Waals surface area contributed by atoms with Gasteiger partial charge in [-0.3, -0.25) is 0 Å². The van der Waals surface area contributed by atoms with Crippen LogP contribution in [-0.4, -0.2) is 30.8 Å². The molecule has 0 fully saturated rings. The average Bonchev–Trinajstić information content (AvgIpc) is 2.41. The second-order valence-electron chi connectivity index (χ2n) is 5.84. The number of carbonyl (C=O) groups excluding carboxylic acids is 2. The molecule has 0 atom stereocenters. The zero-order valence-electron chi connectivity index (χ0n) is 13.5. The van der Waals surface area contributed by atoms with Gasteiger partial charge in [-0.2, -0.15) is 0 Å². The molecule has 1 N–H and O–H groups in total. The van der Waals surface area contributed by atoms with Crippen LogP contribution in [0.3, 0.4) is 0 Å². The van der Waals surface area contributed by atoms with E-state index < -0.39 is 17.7 Å². The molecular weight excluding hydrogens is 282 g/mol. The zero-order chi connectivity index (χ0) is 16.6. The quantitative estimate of drug-likeness (QED) is 0.516. The Hall–Kier alpha value is -2.30. The van der Waals surface area contributed by atoms with E-state index in [9.17, 15) is 9.59 Å². The first-order valence-corrected chi connectivity index (χ1v) is 7.14. The van der Waals surface area contributed by atoms with E-state index in [1.165, 1.54) is 6.08 Å². The molecule has 1 aromatic rings. The van der Waals surface area contributed by atoms with Gasteiger partial charge in [-0.15, -0.1) is 0 Å². The van der Waals surface area contributed by atoms with Gasteiger partial charge in [0.1, 0.15) is 12.2 Å². The van der Waals surface area contributed by atoms with Gasteiger partial charge in [-0.05, 0) is 39.3 Å². The number of hydrogen-bond donors (Lipinski definition) is 1. The van der Waals surface area contributed by atoms with E-state index in [2.05, 4.69) is 5.32 Å². The minimum Gasteiger partial charge on any atom is -0.461 e. The summed E-state index contributed by atoms with van der Waals surface area (Å²) >= 11 is 0. The first-order chi connectivity index (χ1) is 10.3. The summed E-state index contributed by atoms with van der Waals surface area (Å²) in [6.07, 6.45) is 2.51. The molecule has 5 nitrogen and oxygen atoms in total. The fourth-order valence-electron chi connectivity index (χ4n) is 1.51. The molecular formula is C17H23NO4. The molecule has 22 heavy (non-hydrogen) atoms. The molecule has 1 aromatic carbocycles. The summed E-state index contributed by atoms with van der Waals surface area (Å²) in [4.78, 5) is 22.9. The van der Waals surface area contributed by atoms with Crippen molar-refractivity contribution in [3.05, 3.63) is 41.5 Å². The van der Waals surface area contributed by atoms with Crippen LogP contribution in [0.15, 0.2) is 30.3 Å². The summed E-state index contributed by atoms with van der Waals surface area (Å²) in [6.45, 7) is 7.64. The number of rotatable bonds is 5. The highest BCUT2D eigenvalue weighted by molar-refractivity contribution is 5.87. The Bertz CT molecular complexity index is 527. The minimum absolute atomic E-state index is 0.0936. The third-order valence-electron chi connectivity index (χ3n) is 2.50. The van der Waals surface area contributed by atoms with Crippen LogP contribution >= 0.6 is 0 Å². The summed E-state index contributed by atoms with van der Waals surface area (Å²) in [6, 6.07) is 7.78. The highest BCUT2D eigenvalue weighted by Crippen LogP contribution is 2.06. The van der Waals surface area contributed by atoms with E-state index in [0.717, 1.165) is 11.1 Å². The van der Waals surface area contributed by atoms with Crippen molar-refractivity contribution in [3.8, 4) is 0 Å². The third kappa shape index (κ3) is 8.09. The normalized spacial score (nSPS) is 11.3. The molecule has 0 saturated heterocycles. The van der Waals surface area contributed by atoms with Gasteiger partial charge in [0, 0.05) is 6.08 Å². The highest BCUT2D eigenvalue weighted by Gasteiger charge is 2.15. The lowest BCUT2D eigenvalue weighted by Crippen LogP contribution is -2.34. The largest absolute Gasteiger partial charge is 0.461 e. The number of aryl methyl sites for hydroxylation is 1. The maximum Gasteiger partial charge on any atom is 0.407 e. The second-order valence-corrected chi connectivity index (χ2v) is 5.84. The van der Waals surface area contributed by atoms with Crippen molar-refractivity contribution in [2.45, 2.75) is 33.3 Å². The topological polar surface area (TPSA) is 64.6 Å². The third-order valence-corrected chi connectivity index (χ3v) is 2.50. The van der Waals surface area contributed by atoms with E-state index in [4.69, 9.17) is 9.47 Å². The van der Waals surface area contributed by atoms with Gasteiger partial charge >= 0.3 is 12.1 Å². The van der Waals surface area contributed by atoms with Gasteiger partial charge in [-0.1, -0.05) is 29.8 Å². The van der Waals surface area contributed by atoms with Gasteiger partial charge in [0.15, 0.2) is 0 Å². The lowest BCUT2D eigenvalue weighted by Gasteiger charge is -2.19. The number of ether oxygens (including phenoxy) is 2. The maximum atomic E-state index is 11.5. The lowest BCUT2D eigenvalue weighted by atomic mass is 10.1. The number of esters is 1. The average molecular weight is 305 g/mol. The van der Waals surface area contributed by atoms with E-state index >= 15 is 0 Å². The van der Waals surface area contributed by atoms with E-state index in [-0.39, 0.29) is 13.2 Å². The predicted octanol–water partition coefficient (Wildman–Crippen LogP) is 3.08. The molecule has 5 heteroatoms. The predicted molar refractivity (Wildman–Crippen MR) is 85.4 cm³/mol. The van der Waals surface area contributed by atoms with Gasteiger partial charge in [0.2, 0.25) is 0 Å². The van der Waals surface area contributed by atoms with Crippen LogP contribution in [0, 0.1) is 6.92 Å². The van der Waals surface area contributed by atoms with Crippen LogP contribution in [0.25, 0.3) is 6.08 Å². The molecule has 0 aliphatic rings. The summed E-state index contributed by atoms with van der Waals surface area (Å²) in [5.41, 5.74) is 1.54. The molecule has 120 valence electrons. The van der Waals surface area contributed by atoms with E-state index in [1.807, 2.05) is 31.2 Å². The number of hydrogen-bond acceptors (Lipinski definition) is 4. The monoisotopic (exact) mass is 305 g/mol.